The van der Waals surface area contributed by atoms with Crippen LogP contribution < -0.4 is 5.46 Å². The van der Waals surface area contributed by atoms with Gasteiger partial charge in [0.1, 0.15) is 7.85 Å². The largest absolute Gasteiger partial charge is 0.140 e. The molecule has 0 amide bonds. The Morgan fingerprint density at radius 2 is 1.06 bits per heavy atom. The van der Waals surface area contributed by atoms with Crippen molar-refractivity contribution in [3.05, 3.63) is 101 Å². The van der Waals surface area contributed by atoms with Gasteiger partial charge in [-0.05, 0) is 67.8 Å². The van der Waals surface area contributed by atoms with E-state index in [1.54, 1.807) is 0 Å². The first-order valence-electron chi connectivity index (χ1n) is 11.3. The van der Waals surface area contributed by atoms with Gasteiger partial charge in [0.15, 0.2) is 0 Å². The van der Waals surface area contributed by atoms with Crippen LogP contribution in [0.2, 0.25) is 0 Å². The highest BCUT2D eigenvalue weighted by Crippen LogP contribution is 2.51. The fourth-order valence-corrected chi connectivity index (χ4v) is 6.03. The van der Waals surface area contributed by atoms with Gasteiger partial charge in [0, 0.05) is 10.8 Å². The van der Waals surface area contributed by atoms with E-state index < -0.39 is 0 Å². The Bertz CT molecular complexity index is 1390. The number of benzene rings is 4. The quantitative estimate of drug-likeness (QED) is 0.334. The molecule has 0 fully saturated rings. The number of hydrogen-bond donors (Lipinski definition) is 0. The molecule has 0 aliphatic heterocycles. The van der Waals surface area contributed by atoms with Crippen LogP contribution in [0.1, 0.15) is 49.9 Å². The van der Waals surface area contributed by atoms with Crippen LogP contribution in [0.4, 0.5) is 0 Å². The SMILES string of the molecule is Bc1cccc2c1-c1ccc(-c3ccc4c(c3)C(C)(C)c3ccccc3-4)cc1C2(C)C. The lowest BCUT2D eigenvalue weighted by atomic mass is 9.80. The molecule has 0 bridgehead atoms. The summed E-state index contributed by atoms with van der Waals surface area (Å²) < 4.78 is 0. The summed E-state index contributed by atoms with van der Waals surface area (Å²) in [7, 11) is 2.23. The Kier molecular flexibility index (Phi) is 3.62. The Morgan fingerprint density at radius 3 is 1.81 bits per heavy atom. The Hall–Kier alpha value is -3.06. The van der Waals surface area contributed by atoms with Crippen molar-refractivity contribution in [3.8, 4) is 33.4 Å². The fraction of sp³-hybridized carbons (Fsp3) is 0.200. The van der Waals surface area contributed by atoms with Gasteiger partial charge in [-0.15, -0.1) is 0 Å². The van der Waals surface area contributed by atoms with Crippen molar-refractivity contribution in [2.24, 2.45) is 0 Å². The molecule has 31 heavy (non-hydrogen) atoms. The van der Waals surface area contributed by atoms with Crippen LogP contribution in [0, 0.1) is 0 Å². The number of hydrogen-bond acceptors (Lipinski definition) is 0. The van der Waals surface area contributed by atoms with Crippen LogP contribution in [0.25, 0.3) is 33.4 Å². The van der Waals surface area contributed by atoms with Crippen molar-refractivity contribution in [2.45, 2.75) is 38.5 Å². The lowest BCUT2D eigenvalue weighted by molar-refractivity contribution is 0.659. The Balaban J connectivity index is 1.51. The second-order valence-corrected chi connectivity index (χ2v) is 10.3. The first-order chi connectivity index (χ1) is 14.8. The second-order valence-electron chi connectivity index (χ2n) is 10.3. The molecule has 0 N–H and O–H groups in total. The maximum absolute atomic E-state index is 2.44. The minimum Gasteiger partial charge on any atom is -0.0810 e. The molecule has 0 saturated heterocycles. The smallest absolute Gasteiger partial charge is 0.0810 e. The van der Waals surface area contributed by atoms with Gasteiger partial charge in [-0.3, -0.25) is 0 Å². The minimum absolute atomic E-state index is 0.0267. The summed E-state index contributed by atoms with van der Waals surface area (Å²) in [5.41, 5.74) is 15.4. The summed E-state index contributed by atoms with van der Waals surface area (Å²) in [6.07, 6.45) is 0. The molecule has 0 saturated carbocycles. The zero-order valence-electron chi connectivity index (χ0n) is 19.0. The van der Waals surface area contributed by atoms with Crippen LogP contribution in [0.15, 0.2) is 78.9 Å². The first-order valence-corrected chi connectivity index (χ1v) is 11.3. The average Bonchev–Trinajstić information content (AvgIpc) is 3.14. The monoisotopic (exact) mass is 398 g/mol. The van der Waals surface area contributed by atoms with Gasteiger partial charge in [0.2, 0.25) is 0 Å². The summed E-state index contributed by atoms with van der Waals surface area (Å²) in [4.78, 5) is 0. The summed E-state index contributed by atoms with van der Waals surface area (Å²) in [6, 6.07) is 29.8. The molecule has 6 rings (SSSR count). The lowest BCUT2D eigenvalue weighted by Gasteiger charge is -2.23. The average molecular weight is 398 g/mol. The van der Waals surface area contributed by atoms with Crippen LogP contribution >= 0.6 is 0 Å². The van der Waals surface area contributed by atoms with E-state index in [0.717, 1.165) is 0 Å². The molecule has 2 aliphatic carbocycles. The van der Waals surface area contributed by atoms with E-state index in [0.29, 0.717) is 0 Å². The predicted molar refractivity (Wildman–Crippen MR) is 135 cm³/mol. The van der Waals surface area contributed by atoms with E-state index in [4.69, 9.17) is 0 Å². The van der Waals surface area contributed by atoms with Crippen molar-refractivity contribution < 1.29 is 0 Å². The molecular formula is C30H27B. The standard InChI is InChI=1S/C30H27B/c1-29(2)23-9-6-5-8-20(23)21-14-12-18(16-25(21)29)19-13-15-22-26(17-19)30(3,4)24-10-7-11-27(31)28(22)24/h5-17H,31H2,1-4H3. The summed E-state index contributed by atoms with van der Waals surface area (Å²) in [6.45, 7) is 9.44. The third-order valence-electron chi connectivity index (χ3n) is 7.83. The molecule has 0 heterocycles. The predicted octanol–water partition coefficient (Wildman–Crippen LogP) is 6.22. The maximum atomic E-state index is 2.44. The van der Waals surface area contributed by atoms with Crippen LogP contribution in [0.5, 0.6) is 0 Å². The van der Waals surface area contributed by atoms with Gasteiger partial charge < -0.3 is 0 Å². The fourth-order valence-electron chi connectivity index (χ4n) is 6.03. The van der Waals surface area contributed by atoms with E-state index in [2.05, 4.69) is 114 Å². The zero-order chi connectivity index (χ0) is 21.5. The molecule has 0 unspecified atom stereocenters. The van der Waals surface area contributed by atoms with Crippen molar-refractivity contribution in [3.63, 3.8) is 0 Å². The van der Waals surface area contributed by atoms with Gasteiger partial charge in [0.25, 0.3) is 0 Å². The van der Waals surface area contributed by atoms with E-state index in [1.165, 1.54) is 61.1 Å². The highest BCUT2D eigenvalue weighted by molar-refractivity contribution is 6.36. The Labute approximate surface area is 186 Å². The molecule has 0 aromatic heterocycles. The molecule has 2 aliphatic rings. The third kappa shape index (κ3) is 2.38. The summed E-state index contributed by atoms with van der Waals surface area (Å²) in [5, 5.41) is 0. The number of fused-ring (bicyclic) bond motifs is 6. The highest BCUT2D eigenvalue weighted by Gasteiger charge is 2.37. The first kappa shape index (κ1) is 18.7. The molecule has 0 radical (unpaired) electrons. The van der Waals surface area contributed by atoms with E-state index in [9.17, 15) is 0 Å². The molecule has 4 aromatic rings. The molecule has 0 spiro atoms. The van der Waals surface area contributed by atoms with Gasteiger partial charge in [-0.2, -0.15) is 0 Å². The number of rotatable bonds is 1. The van der Waals surface area contributed by atoms with Gasteiger partial charge in [-0.1, -0.05) is 99.9 Å². The molecule has 0 nitrogen and oxygen atoms in total. The second kappa shape index (κ2) is 6.01. The van der Waals surface area contributed by atoms with E-state index in [1.807, 2.05) is 0 Å². The van der Waals surface area contributed by atoms with Crippen molar-refractivity contribution in [1.29, 1.82) is 0 Å². The minimum atomic E-state index is 0.0267. The lowest BCUT2D eigenvalue weighted by Crippen LogP contribution is -2.16. The normalized spacial score (nSPS) is 16.4. The molecule has 4 aromatic carbocycles. The van der Waals surface area contributed by atoms with Crippen LogP contribution in [0.3, 0.4) is 0 Å². The molecule has 1 heteroatoms. The Morgan fingerprint density at radius 1 is 0.516 bits per heavy atom. The van der Waals surface area contributed by atoms with E-state index in [-0.39, 0.29) is 10.8 Å². The van der Waals surface area contributed by atoms with Crippen molar-refractivity contribution in [1.82, 2.24) is 0 Å². The van der Waals surface area contributed by atoms with Crippen LogP contribution in [-0.4, -0.2) is 7.85 Å². The topological polar surface area (TPSA) is 0 Å². The van der Waals surface area contributed by atoms with Gasteiger partial charge >= 0.3 is 0 Å². The molecular weight excluding hydrogens is 371 g/mol. The van der Waals surface area contributed by atoms with E-state index >= 15 is 0 Å². The van der Waals surface area contributed by atoms with Crippen molar-refractivity contribution in [2.75, 3.05) is 0 Å². The van der Waals surface area contributed by atoms with Crippen LogP contribution in [-0.2, 0) is 10.8 Å². The van der Waals surface area contributed by atoms with Crippen molar-refractivity contribution >= 4 is 13.3 Å². The summed E-state index contributed by atoms with van der Waals surface area (Å²) >= 11 is 0. The third-order valence-corrected chi connectivity index (χ3v) is 7.83. The molecule has 0 atom stereocenters. The summed E-state index contributed by atoms with van der Waals surface area (Å²) in [5.74, 6) is 0. The highest BCUT2D eigenvalue weighted by atomic mass is 14.4. The maximum Gasteiger partial charge on any atom is 0.140 e. The van der Waals surface area contributed by atoms with Gasteiger partial charge in [-0.25, -0.2) is 0 Å². The van der Waals surface area contributed by atoms with Gasteiger partial charge in [0.05, 0.1) is 0 Å². The zero-order valence-corrected chi connectivity index (χ0v) is 19.0. The molecule has 150 valence electrons.